The number of benzene rings is 2. The second-order valence-electron chi connectivity index (χ2n) is 5.45. The zero-order chi connectivity index (χ0) is 15.1. The molecule has 0 radical (unpaired) electrons. The molecule has 5 heteroatoms. The standard InChI is InChI=1S/C17H15ClN4/c18-11-5-6-15-16(8-11)22-17(21-15)13(19)7-10-9-20-14-4-2-1-3-12(10)14/h1-6,8-9,13,20H,7,19H2,(H,21,22)/t13-/m0/s1. The smallest absolute Gasteiger partial charge is 0.124 e. The van der Waals surface area contributed by atoms with Crippen molar-refractivity contribution in [1.29, 1.82) is 0 Å². The molecule has 4 nitrogen and oxygen atoms in total. The summed E-state index contributed by atoms with van der Waals surface area (Å²) in [5.41, 5.74) is 10.5. The van der Waals surface area contributed by atoms with Crippen molar-refractivity contribution < 1.29 is 0 Å². The third-order valence-corrected chi connectivity index (χ3v) is 4.16. The molecular weight excluding hydrogens is 296 g/mol. The number of nitrogens with zero attached hydrogens (tertiary/aromatic N) is 1. The second kappa shape index (κ2) is 5.16. The molecule has 2 aromatic heterocycles. The van der Waals surface area contributed by atoms with E-state index in [0.29, 0.717) is 5.02 Å². The quantitative estimate of drug-likeness (QED) is 0.536. The summed E-state index contributed by atoms with van der Waals surface area (Å²) >= 11 is 6.00. The monoisotopic (exact) mass is 310 g/mol. The van der Waals surface area contributed by atoms with E-state index < -0.39 is 0 Å². The summed E-state index contributed by atoms with van der Waals surface area (Å²) in [6.07, 6.45) is 2.74. The number of fused-ring (bicyclic) bond motifs is 2. The lowest BCUT2D eigenvalue weighted by Gasteiger charge is -2.07. The number of hydrogen-bond acceptors (Lipinski definition) is 2. The van der Waals surface area contributed by atoms with Gasteiger partial charge in [0.2, 0.25) is 0 Å². The Labute approximate surface area is 132 Å². The molecule has 0 amide bonds. The predicted octanol–water partition coefficient (Wildman–Crippen LogP) is 3.94. The number of imidazole rings is 1. The molecule has 0 bridgehead atoms. The van der Waals surface area contributed by atoms with Crippen molar-refractivity contribution in [3.8, 4) is 0 Å². The summed E-state index contributed by atoms with van der Waals surface area (Å²) in [5.74, 6) is 0.780. The number of hydrogen-bond donors (Lipinski definition) is 3. The van der Waals surface area contributed by atoms with E-state index in [-0.39, 0.29) is 6.04 Å². The predicted molar refractivity (Wildman–Crippen MR) is 90.0 cm³/mol. The zero-order valence-electron chi connectivity index (χ0n) is 11.8. The minimum atomic E-state index is -0.189. The maximum Gasteiger partial charge on any atom is 0.124 e. The summed E-state index contributed by atoms with van der Waals surface area (Å²) in [4.78, 5) is 11.1. The minimum absolute atomic E-state index is 0.189. The number of aromatic nitrogens is 3. The fraction of sp³-hybridized carbons (Fsp3) is 0.118. The minimum Gasteiger partial charge on any atom is -0.361 e. The molecule has 2 aromatic carbocycles. The largest absolute Gasteiger partial charge is 0.361 e. The summed E-state index contributed by atoms with van der Waals surface area (Å²) in [6.45, 7) is 0. The number of rotatable bonds is 3. The average Bonchev–Trinajstić information content (AvgIpc) is 3.11. The lowest BCUT2D eigenvalue weighted by atomic mass is 10.1. The van der Waals surface area contributed by atoms with E-state index in [0.717, 1.165) is 28.8 Å². The van der Waals surface area contributed by atoms with Crippen LogP contribution in [0.25, 0.3) is 21.9 Å². The number of halogens is 1. The summed E-state index contributed by atoms with van der Waals surface area (Å²) in [5, 5.41) is 1.88. The van der Waals surface area contributed by atoms with Crippen LogP contribution in [0.15, 0.2) is 48.7 Å². The molecule has 0 aliphatic carbocycles. The number of para-hydroxylation sites is 1. The molecule has 22 heavy (non-hydrogen) atoms. The Morgan fingerprint density at radius 2 is 2.00 bits per heavy atom. The number of aromatic amines is 2. The van der Waals surface area contributed by atoms with Gasteiger partial charge in [0.15, 0.2) is 0 Å². The number of nitrogens with one attached hydrogen (secondary N) is 2. The van der Waals surface area contributed by atoms with Crippen LogP contribution in [0.2, 0.25) is 5.02 Å². The Morgan fingerprint density at radius 3 is 2.91 bits per heavy atom. The van der Waals surface area contributed by atoms with Crippen LogP contribution in [0.3, 0.4) is 0 Å². The van der Waals surface area contributed by atoms with Gasteiger partial charge in [-0.05, 0) is 36.2 Å². The van der Waals surface area contributed by atoms with Gasteiger partial charge in [-0.1, -0.05) is 29.8 Å². The van der Waals surface area contributed by atoms with Gasteiger partial charge < -0.3 is 15.7 Å². The second-order valence-corrected chi connectivity index (χ2v) is 5.89. The van der Waals surface area contributed by atoms with E-state index in [9.17, 15) is 0 Å². The van der Waals surface area contributed by atoms with Gasteiger partial charge in [0.25, 0.3) is 0 Å². The molecule has 4 N–H and O–H groups in total. The van der Waals surface area contributed by atoms with Gasteiger partial charge in [-0.15, -0.1) is 0 Å². The van der Waals surface area contributed by atoms with Crippen molar-refractivity contribution in [2.24, 2.45) is 5.73 Å². The van der Waals surface area contributed by atoms with Crippen LogP contribution in [0, 0.1) is 0 Å². The lowest BCUT2D eigenvalue weighted by molar-refractivity contribution is 0.683. The molecule has 1 atom stereocenters. The fourth-order valence-electron chi connectivity index (χ4n) is 2.81. The molecule has 0 saturated carbocycles. The normalized spacial score (nSPS) is 13.0. The van der Waals surface area contributed by atoms with Gasteiger partial charge in [-0.25, -0.2) is 4.98 Å². The van der Waals surface area contributed by atoms with Crippen LogP contribution in [0.5, 0.6) is 0 Å². The van der Waals surface area contributed by atoms with Crippen LogP contribution in [-0.2, 0) is 6.42 Å². The molecule has 0 fully saturated rings. The Balaban J connectivity index is 1.66. The first-order valence-corrected chi connectivity index (χ1v) is 7.54. The fourth-order valence-corrected chi connectivity index (χ4v) is 2.97. The highest BCUT2D eigenvalue weighted by Crippen LogP contribution is 2.24. The van der Waals surface area contributed by atoms with E-state index in [2.05, 4.69) is 27.1 Å². The maximum atomic E-state index is 6.34. The van der Waals surface area contributed by atoms with Crippen molar-refractivity contribution in [2.75, 3.05) is 0 Å². The first-order valence-electron chi connectivity index (χ1n) is 7.16. The van der Waals surface area contributed by atoms with Gasteiger partial charge in [0.05, 0.1) is 17.1 Å². The van der Waals surface area contributed by atoms with Crippen LogP contribution in [-0.4, -0.2) is 15.0 Å². The van der Waals surface area contributed by atoms with E-state index in [1.807, 2.05) is 36.5 Å². The van der Waals surface area contributed by atoms with Crippen LogP contribution in [0.4, 0.5) is 0 Å². The van der Waals surface area contributed by atoms with E-state index in [4.69, 9.17) is 17.3 Å². The Bertz CT molecular complexity index is 954. The van der Waals surface area contributed by atoms with Crippen molar-refractivity contribution >= 4 is 33.5 Å². The molecular formula is C17H15ClN4. The summed E-state index contributed by atoms with van der Waals surface area (Å²) in [7, 11) is 0. The molecule has 0 aliphatic rings. The van der Waals surface area contributed by atoms with Gasteiger partial charge in [0.1, 0.15) is 5.82 Å². The first kappa shape index (κ1) is 13.4. The molecule has 4 aromatic rings. The summed E-state index contributed by atoms with van der Waals surface area (Å²) in [6, 6.07) is 13.6. The first-order chi connectivity index (χ1) is 10.7. The lowest BCUT2D eigenvalue weighted by Crippen LogP contribution is -2.14. The van der Waals surface area contributed by atoms with Crippen molar-refractivity contribution in [2.45, 2.75) is 12.5 Å². The number of nitrogens with two attached hydrogens (primary N) is 1. The molecule has 110 valence electrons. The van der Waals surface area contributed by atoms with Gasteiger partial charge in [-0.3, -0.25) is 0 Å². The maximum absolute atomic E-state index is 6.34. The molecule has 2 heterocycles. The number of H-pyrrole nitrogens is 2. The highest BCUT2D eigenvalue weighted by molar-refractivity contribution is 6.31. The molecule has 0 saturated heterocycles. The molecule has 4 rings (SSSR count). The topological polar surface area (TPSA) is 70.5 Å². The van der Waals surface area contributed by atoms with Gasteiger partial charge in [-0.2, -0.15) is 0 Å². The molecule has 0 spiro atoms. The van der Waals surface area contributed by atoms with Crippen molar-refractivity contribution in [3.05, 3.63) is 65.1 Å². The third-order valence-electron chi connectivity index (χ3n) is 3.93. The SMILES string of the molecule is N[C@@H](Cc1c[nH]c2ccccc12)c1nc2cc(Cl)ccc2[nH]1. The van der Waals surface area contributed by atoms with Gasteiger partial charge in [0, 0.05) is 22.1 Å². The Morgan fingerprint density at radius 1 is 1.14 bits per heavy atom. The van der Waals surface area contributed by atoms with E-state index in [1.54, 1.807) is 0 Å². The van der Waals surface area contributed by atoms with Crippen molar-refractivity contribution in [3.63, 3.8) is 0 Å². The highest BCUT2D eigenvalue weighted by Gasteiger charge is 2.14. The summed E-state index contributed by atoms with van der Waals surface area (Å²) < 4.78 is 0. The Kier molecular flexibility index (Phi) is 3.13. The van der Waals surface area contributed by atoms with Crippen LogP contribution >= 0.6 is 11.6 Å². The van der Waals surface area contributed by atoms with Crippen molar-refractivity contribution in [1.82, 2.24) is 15.0 Å². The van der Waals surface area contributed by atoms with E-state index in [1.165, 1.54) is 10.9 Å². The van der Waals surface area contributed by atoms with Crippen LogP contribution in [0.1, 0.15) is 17.4 Å². The van der Waals surface area contributed by atoms with Gasteiger partial charge >= 0.3 is 0 Å². The average molecular weight is 311 g/mol. The molecule has 0 aliphatic heterocycles. The highest BCUT2D eigenvalue weighted by atomic mass is 35.5. The van der Waals surface area contributed by atoms with E-state index >= 15 is 0 Å². The zero-order valence-corrected chi connectivity index (χ0v) is 12.6. The third kappa shape index (κ3) is 2.26. The van der Waals surface area contributed by atoms with Crippen LogP contribution < -0.4 is 5.73 Å². The Hall–Kier alpha value is -2.30. The molecule has 0 unspecified atom stereocenters.